The molecular weight excluding hydrogens is 226 g/mol. The summed E-state index contributed by atoms with van der Waals surface area (Å²) in [7, 11) is 0. The number of hydrogen-bond acceptors (Lipinski definition) is 3. The van der Waals surface area contributed by atoms with Gasteiger partial charge in [-0.15, -0.1) is 0 Å². The molecule has 0 amide bonds. The summed E-state index contributed by atoms with van der Waals surface area (Å²) >= 11 is 0. The fraction of sp³-hybridized carbons (Fsp3) is 0.600. The molecule has 1 saturated heterocycles. The van der Waals surface area contributed by atoms with Crippen LogP contribution < -0.4 is 5.32 Å². The second kappa shape index (κ2) is 5.39. The second-order valence-electron chi connectivity index (χ2n) is 5.51. The van der Waals surface area contributed by atoms with E-state index in [-0.39, 0.29) is 0 Å². The summed E-state index contributed by atoms with van der Waals surface area (Å²) in [5.74, 6) is 0. The minimum atomic E-state index is -0.674. The van der Waals surface area contributed by atoms with Gasteiger partial charge in [-0.1, -0.05) is 17.7 Å². The standard InChI is InChI=1S/C15H23NO2/c1-11-6-12(2)14(13(3)7-11)8-16-9-15(17)4-5-18-10-15/h6-7,16-17H,4-5,8-10H2,1-3H3. The van der Waals surface area contributed by atoms with Gasteiger partial charge in [-0.3, -0.25) is 0 Å². The van der Waals surface area contributed by atoms with Gasteiger partial charge >= 0.3 is 0 Å². The van der Waals surface area contributed by atoms with Gasteiger partial charge in [0.15, 0.2) is 0 Å². The van der Waals surface area contributed by atoms with Crippen molar-refractivity contribution in [3.05, 3.63) is 34.4 Å². The van der Waals surface area contributed by atoms with E-state index in [1.165, 1.54) is 22.3 Å². The smallest absolute Gasteiger partial charge is 0.102 e. The molecule has 0 aliphatic carbocycles. The molecule has 100 valence electrons. The number of hydrogen-bond donors (Lipinski definition) is 2. The van der Waals surface area contributed by atoms with Crippen molar-refractivity contribution >= 4 is 0 Å². The highest BCUT2D eigenvalue weighted by molar-refractivity contribution is 5.37. The fourth-order valence-corrected chi connectivity index (χ4v) is 2.64. The molecule has 2 rings (SSSR count). The zero-order chi connectivity index (χ0) is 13.2. The summed E-state index contributed by atoms with van der Waals surface area (Å²) in [6, 6.07) is 4.41. The van der Waals surface area contributed by atoms with Crippen LogP contribution in [0.3, 0.4) is 0 Å². The van der Waals surface area contributed by atoms with Gasteiger partial charge in [-0.2, -0.15) is 0 Å². The van der Waals surface area contributed by atoms with Crippen LogP contribution in [0, 0.1) is 20.8 Å². The minimum Gasteiger partial charge on any atom is -0.386 e. The molecule has 3 nitrogen and oxygen atoms in total. The predicted octanol–water partition coefficient (Wildman–Crippen LogP) is 1.85. The molecule has 1 aromatic rings. The molecule has 1 aromatic carbocycles. The van der Waals surface area contributed by atoms with Crippen LogP contribution in [0.4, 0.5) is 0 Å². The van der Waals surface area contributed by atoms with Gasteiger partial charge in [-0.25, -0.2) is 0 Å². The minimum absolute atomic E-state index is 0.450. The molecule has 3 heteroatoms. The van der Waals surface area contributed by atoms with Gasteiger partial charge < -0.3 is 15.2 Å². The Balaban J connectivity index is 1.94. The highest BCUT2D eigenvalue weighted by Crippen LogP contribution is 2.19. The van der Waals surface area contributed by atoms with E-state index in [1.54, 1.807) is 0 Å². The van der Waals surface area contributed by atoms with E-state index in [1.807, 2.05) is 0 Å². The van der Waals surface area contributed by atoms with Crippen molar-refractivity contribution in [2.75, 3.05) is 19.8 Å². The SMILES string of the molecule is Cc1cc(C)c(CNCC2(O)CCOC2)c(C)c1. The maximum absolute atomic E-state index is 10.2. The zero-order valence-corrected chi connectivity index (χ0v) is 11.5. The Kier molecular flexibility index (Phi) is 4.05. The van der Waals surface area contributed by atoms with Crippen LogP contribution >= 0.6 is 0 Å². The molecular formula is C15H23NO2. The third-order valence-corrected chi connectivity index (χ3v) is 3.68. The van der Waals surface area contributed by atoms with Crippen LogP contribution in [-0.2, 0) is 11.3 Å². The first-order valence-corrected chi connectivity index (χ1v) is 6.58. The van der Waals surface area contributed by atoms with Crippen LogP contribution in [-0.4, -0.2) is 30.5 Å². The average molecular weight is 249 g/mol. The Labute approximate surface area is 109 Å². The lowest BCUT2D eigenvalue weighted by molar-refractivity contribution is 0.0268. The van der Waals surface area contributed by atoms with Crippen LogP contribution in [0.5, 0.6) is 0 Å². The van der Waals surface area contributed by atoms with Crippen molar-refractivity contribution < 1.29 is 9.84 Å². The first-order valence-electron chi connectivity index (χ1n) is 6.58. The van der Waals surface area contributed by atoms with Crippen LogP contribution in [0.2, 0.25) is 0 Å². The van der Waals surface area contributed by atoms with Gasteiger partial charge in [0.2, 0.25) is 0 Å². The Morgan fingerprint density at radius 2 is 1.94 bits per heavy atom. The highest BCUT2D eigenvalue weighted by Gasteiger charge is 2.31. The molecule has 1 heterocycles. The van der Waals surface area contributed by atoms with Crippen LogP contribution in [0.15, 0.2) is 12.1 Å². The summed E-state index contributed by atoms with van der Waals surface area (Å²) in [4.78, 5) is 0. The van der Waals surface area contributed by atoms with Gasteiger partial charge in [0.1, 0.15) is 5.60 Å². The maximum Gasteiger partial charge on any atom is 0.102 e. The summed E-state index contributed by atoms with van der Waals surface area (Å²) in [5.41, 5.74) is 4.59. The number of aliphatic hydroxyl groups is 1. The van der Waals surface area contributed by atoms with Gasteiger partial charge in [0.25, 0.3) is 0 Å². The molecule has 1 aliphatic heterocycles. The van der Waals surface area contributed by atoms with Crippen LogP contribution in [0.1, 0.15) is 28.7 Å². The predicted molar refractivity (Wildman–Crippen MR) is 72.7 cm³/mol. The molecule has 0 spiro atoms. The van der Waals surface area contributed by atoms with Crippen molar-refractivity contribution in [1.82, 2.24) is 5.32 Å². The van der Waals surface area contributed by atoms with E-state index in [0.29, 0.717) is 19.8 Å². The van der Waals surface area contributed by atoms with E-state index in [2.05, 4.69) is 38.2 Å². The van der Waals surface area contributed by atoms with E-state index >= 15 is 0 Å². The Hall–Kier alpha value is -0.900. The Bertz CT molecular complexity index is 399. The lowest BCUT2D eigenvalue weighted by atomic mass is 9.99. The molecule has 0 saturated carbocycles. The molecule has 1 fully saturated rings. The first kappa shape index (κ1) is 13.5. The van der Waals surface area contributed by atoms with E-state index in [4.69, 9.17) is 4.74 Å². The first-order chi connectivity index (χ1) is 8.50. The molecule has 0 bridgehead atoms. The quantitative estimate of drug-likeness (QED) is 0.855. The number of rotatable bonds is 4. The van der Waals surface area contributed by atoms with Crippen molar-refractivity contribution in [1.29, 1.82) is 0 Å². The molecule has 1 unspecified atom stereocenters. The summed E-state index contributed by atoms with van der Waals surface area (Å²) in [5, 5.41) is 13.5. The number of aryl methyl sites for hydroxylation is 3. The van der Waals surface area contributed by atoms with Crippen molar-refractivity contribution in [2.45, 2.75) is 39.3 Å². The average Bonchev–Trinajstić information content (AvgIpc) is 2.69. The Morgan fingerprint density at radius 1 is 1.28 bits per heavy atom. The Morgan fingerprint density at radius 3 is 2.50 bits per heavy atom. The maximum atomic E-state index is 10.2. The molecule has 0 aromatic heterocycles. The number of ether oxygens (including phenoxy) is 1. The summed E-state index contributed by atoms with van der Waals surface area (Å²) < 4.78 is 5.24. The van der Waals surface area contributed by atoms with Gasteiger partial charge in [-0.05, 0) is 37.5 Å². The van der Waals surface area contributed by atoms with Gasteiger partial charge in [0, 0.05) is 26.1 Å². The lowest BCUT2D eigenvalue weighted by Gasteiger charge is -2.21. The number of benzene rings is 1. The van der Waals surface area contributed by atoms with Crippen molar-refractivity contribution in [3.8, 4) is 0 Å². The normalized spacial score (nSPS) is 23.6. The summed E-state index contributed by atoms with van der Waals surface area (Å²) in [6.07, 6.45) is 0.728. The molecule has 1 aliphatic rings. The van der Waals surface area contributed by atoms with Gasteiger partial charge in [0.05, 0.1) is 6.61 Å². The largest absolute Gasteiger partial charge is 0.386 e. The molecule has 2 N–H and O–H groups in total. The molecule has 0 radical (unpaired) electrons. The third-order valence-electron chi connectivity index (χ3n) is 3.68. The van der Waals surface area contributed by atoms with E-state index < -0.39 is 5.60 Å². The third kappa shape index (κ3) is 3.10. The topological polar surface area (TPSA) is 41.5 Å². The molecule has 18 heavy (non-hydrogen) atoms. The lowest BCUT2D eigenvalue weighted by Crippen LogP contribution is -2.40. The zero-order valence-electron chi connectivity index (χ0n) is 11.5. The monoisotopic (exact) mass is 249 g/mol. The number of nitrogens with one attached hydrogen (secondary N) is 1. The molecule has 1 atom stereocenters. The van der Waals surface area contributed by atoms with Crippen LogP contribution in [0.25, 0.3) is 0 Å². The highest BCUT2D eigenvalue weighted by atomic mass is 16.5. The van der Waals surface area contributed by atoms with Crippen molar-refractivity contribution in [2.24, 2.45) is 0 Å². The van der Waals surface area contributed by atoms with E-state index in [0.717, 1.165) is 13.0 Å². The second-order valence-corrected chi connectivity index (χ2v) is 5.51. The van der Waals surface area contributed by atoms with Crippen molar-refractivity contribution in [3.63, 3.8) is 0 Å². The van der Waals surface area contributed by atoms with E-state index in [9.17, 15) is 5.11 Å². The fourth-order valence-electron chi connectivity index (χ4n) is 2.64. The summed E-state index contributed by atoms with van der Waals surface area (Å²) in [6.45, 7) is 8.93.